The van der Waals surface area contributed by atoms with Crippen LogP contribution >= 0.6 is 0 Å². The number of halogens is 3. The maximum Gasteiger partial charge on any atom is 0.418 e. The van der Waals surface area contributed by atoms with Crippen molar-refractivity contribution in [3.05, 3.63) is 89.5 Å². The van der Waals surface area contributed by atoms with Crippen LogP contribution in [0.3, 0.4) is 0 Å². The van der Waals surface area contributed by atoms with E-state index in [0.29, 0.717) is 11.5 Å². The third kappa shape index (κ3) is 4.67. The number of hydrogen-bond acceptors (Lipinski definition) is 2. The molecule has 0 aromatic heterocycles. The molecular formula is C21H16F3NO2. The van der Waals surface area contributed by atoms with E-state index >= 15 is 0 Å². The Morgan fingerprint density at radius 2 is 1.59 bits per heavy atom. The largest absolute Gasteiger partial charge is 0.457 e. The number of aryl methyl sites for hydroxylation is 1. The second-order valence-corrected chi connectivity index (χ2v) is 5.94. The molecule has 1 N–H and O–H groups in total. The Labute approximate surface area is 154 Å². The van der Waals surface area contributed by atoms with Crippen LogP contribution in [0.1, 0.15) is 21.5 Å². The summed E-state index contributed by atoms with van der Waals surface area (Å²) >= 11 is 0. The fourth-order valence-corrected chi connectivity index (χ4v) is 2.52. The number of hydrogen-bond donors (Lipinski definition) is 1. The summed E-state index contributed by atoms with van der Waals surface area (Å²) in [5, 5.41) is 2.31. The van der Waals surface area contributed by atoms with Gasteiger partial charge in [-0.3, -0.25) is 4.79 Å². The van der Waals surface area contributed by atoms with Gasteiger partial charge in [0.1, 0.15) is 11.5 Å². The zero-order valence-electron chi connectivity index (χ0n) is 14.4. The Morgan fingerprint density at radius 3 is 2.26 bits per heavy atom. The van der Waals surface area contributed by atoms with Crippen LogP contribution in [0.5, 0.6) is 11.5 Å². The van der Waals surface area contributed by atoms with Crippen LogP contribution in [-0.4, -0.2) is 5.91 Å². The van der Waals surface area contributed by atoms with Gasteiger partial charge < -0.3 is 10.1 Å². The lowest BCUT2D eigenvalue weighted by atomic mass is 10.1. The summed E-state index contributed by atoms with van der Waals surface area (Å²) in [6.07, 6.45) is -4.55. The maximum atomic E-state index is 13.0. The lowest BCUT2D eigenvalue weighted by Gasteiger charge is -2.13. The Morgan fingerprint density at radius 1 is 0.889 bits per heavy atom. The third-order valence-electron chi connectivity index (χ3n) is 3.82. The van der Waals surface area contributed by atoms with E-state index in [9.17, 15) is 18.0 Å². The van der Waals surface area contributed by atoms with E-state index in [1.54, 1.807) is 12.1 Å². The zero-order chi connectivity index (χ0) is 19.4. The fourth-order valence-electron chi connectivity index (χ4n) is 2.52. The maximum absolute atomic E-state index is 13.0. The molecular weight excluding hydrogens is 355 g/mol. The van der Waals surface area contributed by atoms with Crippen molar-refractivity contribution in [2.75, 3.05) is 5.32 Å². The monoisotopic (exact) mass is 371 g/mol. The number of anilines is 1. The number of carbonyl (C=O) groups is 1. The van der Waals surface area contributed by atoms with Gasteiger partial charge >= 0.3 is 6.18 Å². The molecule has 3 rings (SSSR count). The number of ether oxygens (including phenoxy) is 1. The first-order chi connectivity index (χ1) is 12.8. The summed E-state index contributed by atoms with van der Waals surface area (Å²) in [6.45, 7) is 1.94. The second-order valence-electron chi connectivity index (χ2n) is 5.94. The van der Waals surface area contributed by atoms with Gasteiger partial charge in [0.05, 0.1) is 11.3 Å². The number of alkyl halides is 3. The van der Waals surface area contributed by atoms with Gasteiger partial charge in [0.2, 0.25) is 0 Å². The Hall–Kier alpha value is -3.28. The summed E-state index contributed by atoms with van der Waals surface area (Å²) in [5.74, 6) is 0.549. The van der Waals surface area contributed by atoms with Crippen molar-refractivity contribution < 1.29 is 22.7 Å². The molecule has 0 spiro atoms. The summed E-state index contributed by atoms with van der Waals surface area (Å²) in [7, 11) is 0. The van der Waals surface area contributed by atoms with Gasteiger partial charge in [-0.2, -0.15) is 13.2 Å². The first-order valence-electron chi connectivity index (χ1n) is 8.15. The SMILES string of the molecule is Cc1cccc(Oc2ccc(C(=O)Nc3ccccc3C(F)(F)F)cc2)c1. The number of para-hydroxylation sites is 1. The zero-order valence-corrected chi connectivity index (χ0v) is 14.4. The number of rotatable bonds is 4. The molecule has 3 nitrogen and oxygen atoms in total. The van der Waals surface area contributed by atoms with E-state index in [1.807, 2.05) is 31.2 Å². The van der Waals surface area contributed by atoms with Crippen LogP contribution in [0.15, 0.2) is 72.8 Å². The van der Waals surface area contributed by atoms with Crippen molar-refractivity contribution in [2.45, 2.75) is 13.1 Å². The second kappa shape index (κ2) is 7.53. The van der Waals surface area contributed by atoms with Crippen molar-refractivity contribution in [3.8, 4) is 11.5 Å². The summed E-state index contributed by atoms with van der Waals surface area (Å²) in [6, 6.07) is 18.5. The first kappa shape index (κ1) is 18.5. The molecule has 3 aromatic carbocycles. The Kier molecular flexibility index (Phi) is 5.16. The number of nitrogens with one attached hydrogen (secondary N) is 1. The minimum atomic E-state index is -4.55. The highest BCUT2D eigenvalue weighted by Gasteiger charge is 2.33. The predicted octanol–water partition coefficient (Wildman–Crippen LogP) is 6.06. The van der Waals surface area contributed by atoms with Crippen LogP contribution < -0.4 is 10.1 Å². The van der Waals surface area contributed by atoms with Crippen LogP contribution in [0.25, 0.3) is 0 Å². The molecule has 3 aromatic rings. The minimum absolute atomic E-state index is 0.226. The Balaban J connectivity index is 1.73. The van der Waals surface area contributed by atoms with Gasteiger partial charge in [-0.15, -0.1) is 0 Å². The van der Waals surface area contributed by atoms with Crippen molar-refractivity contribution in [1.82, 2.24) is 0 Å². The molecule has 27 heavy (non-hydrogen) atoms. The molecule has 0 unspecified atom stereocenters. The molecule has 0 saturated heterocycles. The molecule has 0 aliphatic heterocycles. The van der Waals surface area contributed by atoms with E-state index in [-0.39, 0.29) is 11.3 Å². The van der Waals surface area contributed by atoms with E-state index in [2.05, 4.69) is 5.32 Å². The standard InChI is InChI=1S/C21H16F3NO2/c1-14-5-4-6-17(13-14)27-16-11-9-15(10-12-16)20(26)25-19-8-3-2-7-18(19)21(22,23)24/h2-13H,1H3,(H,25,26). The topological polar surface area (TPSA) is 38.3 Å². The molecule has 138 valence electrons. The lowest BCUT2D eigenvalue weighted by molar-refractivity contribution is -0.136. The van der Waals surface area contributed by atoms with Crippen molar-refractivity contribution in [3.63, 3.8) is 0 Å². The highest BCUT2D eigenvalue weighted by molar-refractivity contribution is 6.04. The third-order valence-corrected chi connectivity index (χ3v) is 3.82. The van der Waals surface area contributed by atoms with Crippen LogP contribution in [0.4, 0.5) is 18.9 Å². The van der Waals surface area contributed by atoms with E-state index < -0.39 is 17.6 Å². The normalized spacial score (nSPS) is 11.1. The van der Waals surface area contributed by atoms with Gasteiger partial charge in [-0.25, -0.2) is 0 Å². The molecule has 0 fully saturated rings. The Bertz CT molecular complexity index is 950. The summed E-state index contributed by atoms with van der Waals surface area (Å²) in [5.41, 5.74) is 0.100. The van der Waals surface area contributed by atoms with E-state index in [0.717, 1.165) is 11.6 Å². The van der Waals surface area contributed by atoms with E-state index in [1.165, 1.54) is 30.3 Å². The van der Waals surface area contributed by atoms with Gasteiger partial charge in [0.15, 0.2) is 0 Å². The number of carbonyl (C=O) groups excluding carboxylic acids is 1. The van der Waals surface area contributed by atoms with Gasteiger partial charge in [-0.1, -0.05) is 24.3 Å². The average molecular weight is 371 g/mol. The highest BCUT2D eigenvalue weighted by atomic mass is 19.4. The van der Waals surface area contributed by atoms with Crippen molar-refractivity contribution in [1.29, 1.82) is 0 Å². The van der Waals surface area contributed by atoms with Crippen LogP contribution in [0, 0.1) is 6.92 Å². The minimum Gasteiger partial charge on any atom is -0.457 e. The molecule has 0 radical (unpaired) electrons. The van der Waals surface area contributed by atoms with Crippen molar-refractivity contribution in [2.24, 2.45) is 0 Å². The first-order valence-corrected chi connectivity index (χ1v) is 8.15. The van der Waals surface area contributed by atoms with Crippen LogP contribution in [-0.2, 0) is 6.18 Å². The quantitative estimate of drug-likeness (QED) is 0.605. The smallest absolute Gasteiger partial charge is 0.418 e. The lowest BCUT2D eigenvalue weighted by Crippen LogP contribution is -2.16. The van der Waals surface area contributed by atoms with Gasteiger partial charge in [0, 0.05) is 5.56 Å². The number of amides is 1. The van der Waals surface area contributed by atoms with Gasteiger partial charge in [-0.05, 0) is 61.0 Å². The fraction of sp³-hybridized carbons (Fsp3) is 0.0952. The average Bonchev–Trinajstić information content (AvgIpc) is 2.62. The number of benzene rings is 3. The molecule has 6 heteroatoms. The van der Waals surface area contributed by atoms with Crippen LogP contribution in [0.2, 0.25) is 0 Å². The molecule has 0 heterocycles. The molecule has 0 aliphatic carbocycles. The summed E-state index contributed by atoms with van der Waals surface area (Å²) < 4.78 is 44.8. The van der Waals surface area contributed by atoms with Crippen molar-refractivity contribution >= 4 is 11.6 Å². The van der Waals surface area contributed by atoms with E-state index in [4.69, 9.17) is 4.74 Å². The summed E-state index contributed by atoms with van der Waals surface area (Å²) in [4.78, 5) is 12.3. The predicted molar refractivity (Wildman–Crippen MR) is 97.1 cm³/mol. The molecule has 0 saturated carbocycles. The van der Waals surface area contributed by atoms with Gasteiger partial charge in [0.25, 0.3) is 5.91 Å². The molecule has 0 atom stereocenters. The highest BCUT2D eigenvalue weighted by Crippen LogP contribution is 2.34. The molecule has 0 aliphatic rings. The molecule has 1 amide bonds. The molecule has 0 bridgehead atoms.